The largest absolute Gasteiger partial charge is 0.445 e. The molecule has 43 heavy (non-hydrogen) atoms. The summed E-state index contributed by atoms with van der Waals surface area (Å²) in [5, 5.41) is 10.0. The fourth-order valence-electron chi connectivity index (χ4n) is 5.16. The molecule has 3 aromatic rings. The second kappa shape index (κ2) is 12.6. The van der Waals surface area contributed by atoms with Gasteiger partial charge in [0.05, 0.1) is 41.5 Å². The average molecular weight is 611 g/mol. The van der Waals surface area contributed by atoms with Crippen molar-refractivity contribution in [3.63, 3.8) is 0 Å². The van der Waals surface area contributed by atoms with Crippen LogP contribution in [-0.4, -0.2) is 41.4 Å². The molecule has 0 saturated carbocycles. The first-order valence-corrected chi connectivity index (χ1v) is 13.5. The summed E-state index contributed by atoms with van der Waals surface area (Å²) < 4.78 is 92.7. The Labute approximate surface area is 245 Å². The zero-order valence-corrected chi connectivity index (χ0v) is 23.3. The van der Waals surface area contributed by atoms with Gasteiger partial charge in [-0.1, -0.05) is 60.7 Å². The number of nitrogens with zero attached hydrogens (tertiary/aromatic N) is 1. The molecule has 4 rings (SSSR count). The van der Waals surface area contributed by atoms with Crippen molar-refractivity contribution < 1.29 is 45.7 Å². The number of carbonyl (C=O) groups is 1. The second-order valence-corrected chi connectivity index (χ2v) is 10.8. The topological polar surface area (TPSA) is 85.0 Å². The lowest BCUT2D eigenvalue weighted by Gasteiger charge is -2.52. The van der Waals surface area contributed by atoms with E-state index in [1.165, 1.54) is 11.8 Å². The molecule has 1 aliphatic heterocycles. The fourth-order valence-corrected chi connectivity index (χ4v) is 5.16. The maximum Gasteiger partial charge on any atom is 0.416 e. The number of piperidine rings is 1. The molecule has 0 aliphatic carbocycles. The van der Waals surface area contributed by atoms with Crippen molar-refractivity contribution >= 4 is 6.09 Å². The summed E-state index contributed by atoms with van der Waals surface area (Å²) in [7, 11) is 0. The average Bonchev–Trinajstić information content (AvgIpc) is 2.99. The van der Waals surface area contributed by atoms with Crippen molar-refractivity contribution in [1.29, 1.82) is 0 Å². The summed E-state index contributed by atoms with van der Waals surface area (Å²) in [6.45, 7) is 0.376. The van der Waals surface area contributed by atoms with Gasteiger partial charge in [0.2, 0.25) is 0 Å². The standard InChI is InChI=1S/C31H32F6N2O4/c1-21(23-14-25(30(32,33)34)16-26(15-23)31(35,36)37)43-20-29(24-10-6-3-7-11-24)13-12-28(38,19-40)18-39(29)27(41)42-17-22-8-4-2-5-9-22/h2-11,14-16,21,40H,12-13,17-20,38H2,1H3/t21-,28-,29?/m1/s1. The van der Waals surface area contributed by atoms with Crippen molar-refractivity contribution in [3.05, 3.63) is 107 Å². The van der Waals surface area contributed by atoms with Crippen LogP contribution in [0.25, 0.3) is 0 Å². The Bertz CT molecular complexity index is 1350. The molecule has 3 aromatic carbocycles. The maximum atomic E-state index is 13.6. The third kappa shape index (κ3) is 7.49. The molecule has 0 spiro atoms. The van der Waals surface area contributed by atoms with Gasteiger partial charge < -0.3 is 20.3 Å². The van der Waals surface area contributed by atoms with Crippen LogP contribution in [0.5, 0.6) is 0 Å². The molecule has 1 amide bonds. The minimum absolute atomic E-state index is 0.0585. The number of likely N-dealkylation sites (tertiary alicyclic amines) is 1. The number of benzene rings is 3. The summed E-state index contributed by atoms with van der Waals surface area (Å²) in [5.74, 6) is 0. The minimum atomic E-state index is -5.02. The van der Waals surface area contributed by atoms with Crippen molar-refractivity contribution in [1.82, 2.24) is 4.90 Å². The van der Waals surface area contributed by atoms with Gasteiger partial charge in [-0.3, -0.25) is 4.90 Å². The van der Waals surface area contributed by atoms with E-state index in [4.69, 9.17) is 15.2 Å². The third-order valence-corrected chi connectivity index (χ3v) is 7.73. The molecule has 1 unspecified atom stereocenters. The lowest BCUT2D eigenvalue weighted by Crippen LogP contribution is -2.66. The molecule has 3 N–H and O–H groups in total. The zero-order valence-electron chi connectivity index (χ0n) is 23.3. The van der Waals surface area contributed by atoms with E-state index >= 15 is 0 Å². The molecule has 1 fully saturated rings. The van der Waals surface area contributed by atoms with Crippen LogP contribution in [0.15, 0.2) is 78.9 Å². The van der Waals surface area contributed by atoms with Crippen LogP contribution in [-0.2, 0) is 34.0 Å². The van der Waals surface area contributed by atoms with Crippen molar-refractivity contribution in [2.75, 3.05) is 19.8 Å². The van der Waals surface area contributed by atoms with Crippen LogP contribution in [0.4, 0.5) is 31.1 Å². The zero-order chi connectivity index (χ0) is 31.5. The van der Waals surface area contributed by atoms with Gasteiger partial charge in [0.15, 0.2) is 0 Å². The number of nitrogens with two attached hydrogens (primary N) is 1. The highest BCUT2D eigenvalue weighted by molar-refractivity contribution is 5.70. The van der Waals surface area contributed by atoms with E-state index in [0.29, 0.717) is 23.3 Å². The predicted molar refractivity (Wildman–Crippen MR) is 146 cm³/mol. The van der Waals surface area contributed by atoms with Crippen LogP contribution in [0.3, 0.4) is 0 Å². The Kier molecular flexibility index (Phi) is 9.43. The maximum absolute atomic E-state index is 13.6. The number of carbonyl (C=O) groups excluding carboxylic acids is 1. The molecule has 12 heteroatoms. The smallest absolute Gasteiger partial charge is 0.416 e. The lowest BCUT2D eigenvalue weighted by molar-refractivity contribution is -0.143. The van der Waals surface area contributed by atoms with Gasteiger partial charge in [0, 0.05) is 6.54 Å². The summed E-state index contributed by atoms with van der Waals surface area (Å²) in [6, 6.07) is 18.9. The molecule has 1 heterocycles. The second-order valence-electron chi connectivity index (χ2n) is 10.8. The van der Waals surface area contributed by atoms with E-state index in [9.17, 15) is 36.2 Å². The van der Waals surface area contributed by atoms with Gasteiger partial charge in [-0.05, 0) is 54.7 Å². The molecule has 6 nitrogen and oxygen atoms in total. The SMILES string of the molecule is C[C@@H](OCC1(c2ccccc2)CC[C@](N)(CO)CN1C(=O)OCc1ccccc1)c1cc(C(F)(F)F)cc(C(F)(F)F)c1. The summed E-state index contributed by atoms with van der Waals surface area (Å²) >= 11 is 0. The summed E-state index contributed by atoms with van der Waals surface area (Å²) in [4.78, 5) is 15.0. The van der Waals surface area contributed by atoms with Gasteiger partial charge >= 0.3 is 18.4 Å². The van der Waals surface area contributed by atoms with Crippen molar-refractivity contribution in [2.45, 2.75) is 55.9 Å². The van der Waals surface area contributed by atoms with E-state index in [1.807, 2.05) is 0 Å². The molecular formula is C31H32F6N2O4. The van der Waals surface area contributed by atoms with Crippen LogP contribution in [0.1, 0.15) is 53.7 Å². The first kappa shape index (κ1) is 32.3. The molecule has 3 atom stereocenters. The quantitative estimate of drug-likeness (QED) is 0.274. The van der Waals surface area contributed by atoms with Gasteiger partial charge in [-0.25, -0.2) is 4.79 Å². The molecule has 0 aromatic heterocycles. The molecule has 0 radical (unpaired) electrons. The van der Waals surface area contributed by atoms with Crippen molar-refractivity contribution in [2.24, 2.45) is 5.73 Å². The van der Waals surface area contributed by atoms with Crippen LogP contribution in [0.2, 0.25) is 0 Å². The molecule has 232 valence electrons. The monoisotopic (exact) mass is 610 g/mol. The van der Waals surface area contributed by atoms with Gasteiger partial charge in [0.25, 0.3) is 0 Å². The number of alkyl halides is 6. The Balaban J connectivity index is 1.70. The third-order valence-electron chi connectivity index (χ3n) is 7.73. The van der Waals surface area contributed by atoms with Gasteiger partial charge in [-0.15, -0.1) is 0 Å². The predicted octanol–water partition coefficient (Wildman–Crippen LogP) is 6.82. The number of ether oxygens (including phenoxy) is 2. The summed E-state index contributed by atoms with van der Waals surface area (Å²) in [6.07, 6.45) is -11.6. The molecular weight excluding hydrogens is 578 g/mol. The first-order chi connectivity index (χ1) is 20.2. The number of amides is 1. The van der Waals surface area contributed by atoms with E-state index in [-0.39, 0.29) is 44.2 Å². The fraction of sp³-hybridized carbons (Fsp3) is 0.387. The highest BCUT2D eigenvalue weighted by atomic mass is 19.4. The Morgan fingerprint density at radius 3 is 2.02 bits per heavy atom. The van der Waals surface area contributed by atoms with Crippen LogP contribution < -0.4 is 5.73 Å². The number of aliphatic hydroxyl groups excluding tert-OH is 1. The Hall–Kier alpha value is -3.61. The van der Waals surface area contributed by atoms with Crippen molar-refractivity contribution in [3.8, 4) is 0 Å². The first-order valence-electron chi connectivity index (χ1n) is 13.5. The van der Waals surface area contributed by atoms with Gasteiger partial charge in [-0.2, -0.15) is 26.3 Å². The number of hydrogen-bond donors (Lipinski definition) is 2. The molecule has 1 saturated heterocycles. The highest BCUT2D eigenvalue weighted by Gasteiger charge is 2.51. The molecule has 0 bridgehead atoms. The minimum Gasteiger partial charge on any atom is -0.445 e. The van der Waals surface area contributed by atoms with E-state index in [2.05, 4.69) is 0 Å². The highest BCUT2D eigenvalue weighted by Crippen LogP contribution is 2.43. The number of halogens is 6. The Morgan fingerprint density at radius 1 is 0.930 bits per heavy atom. The summed E-state index contributed by atoms with van der Waals surface area (Å²) in [5.41, 5.74) is 2.03. The van der Waals surface area contributed by atoms with Crippen LogP contribution in [0, 0.1) is 0 Å². The van der Waals surface area contributed by atoms with Crippen LogP contribution >= 0.6 is 0 Å². The van der Waals surface area contributed by atoms with Gasteiger partial charge in [0.1, 0.15) is 6.61 Å². The normalized spacial score (nSPS) is 21.8. The van der Waals surface area contributed by atoms with E-state index in [0.717, 1.165) is 0 Å². The number of rotatable bonds is 8. The van der Waals surface area contributed by atoms with E-state index < -0.39 is 53.4 Å². The Morgan fingerprint density at radius 2 is 1.49 bits per heavy atom. The number of aliphatic hydroxyl groups is 1. The molecule has 1 aliphatic rings. The number of hydrogen-bond acceptors (Lipinski definition) is 5. The lowest BCUT2D eigenvalue weighted by atomic mass is 9.75. The van der Waals surface area contributed by atoms with E-state index in [1.54, 1.807) is 60.7 Å².